The number of amides is 1. The summed E-state index contributed by atoms with van der Waals surface area (Å²) in [7, 11) is 0. The van der Waals surface area contributed by atoms with Crippen LogP contribution in [0.25, 0.3) is 5.32 Å². The standard InChI is InChI=1S/C12H21N2O3.C2H6.Pd/c1-11(2,3)17-10(16)14-9-4-5-12(14,8-15)7-13-6-9;1-2;/h9,15H,4-8H2,1-3H3;1-2H3;/q-1;;. The van der Waals surface area contributed by atoms with Gasteiger partial charge in [0.1, 0.15) is 5.60 Å². The molecule has 0 aromatic heterocycles. The molecule has 5 nitrogen and oxygen atoms in total. The number of aliphatic hydroxyl groups excluding tert-OH is 1. The zero-order valence-electron chi connectivity index (χ0n) is 13.1. The second-order valence-corrected chi connectivity index (χ2v) is 5.99. The molecular weight excluding hydrogens is 351 g/mol. The molecule has 2 aliphatic heterocycles. The van der Waals surface area contributed by atoms with Crippen LogP contribution in [0.5, 0.6) is 0 Å². The van der Waals surface area contributed by atoms with Crippen molar-refractivity contribution in [2.24, 2.45) is 0 Å². The van der Waals surface area contributed by atoms with Crippen molar-refractivity contribution >= 4 is 6.09 Å². The number of hydrogen-bond donors (Lipinski definition) is 1. The van der Waals surface area contributed by atoms with Gasteiger partial charge < -0.3 is 20.1 Å². The van der Waals surface area contributed by atoms with E-state index in [-0.39, 0.29) is 39.2 Å². The van der Waals surface area contributed by atoms with E-state index in [1.54, 1.807) is 4.90 Å². The summed E-state index contributed by atoms with van der Waals surface area (Å²) in [6.07, 6.45) is 1.41. The van der Waals surface area contributed by atoms with Gasteiger partial charge in [0.2, 0.25) is 0 Å². The zero-order valence-corrected chi connectivity index (χ0v) is 14.6. The second kappa shape index (κ2) is 7.75. The van der Waals surface area contributed by atoms with Crippen molar-refractivity contribution in [3.05, 3.63) is 5.32 Å². The van der Waals surface area contributed by atoms with E-state index in [4.69, 9.17) is 4.74 Å². The van der Waals surface area contributed by atoms with Gasteiger partial charge in [-0.25, -0.2) is 4.79 Å². The van der Waals surface area contributed by atoms with E-state index >= 15 is 0 Å². The quantitative estimate of drug-likeness (QED) is 0.714. The number of piperazine rings is 1. The summed E-state index contributed by atoms with van der Waals surface area (Å²) >= 11 is 0. The van der Waals surface area contributed by atoms with Gasteiger partial charge in [0.15, 0.2) is 0 Å². The number of aliphatic hydroxyl groups is 1. The van der Waals surface area contributed by atoms with Gasteiger partial charge in [0.05, 0.1) is 12.1 Å². The first-order chi connectivity index (χ1) is 8.88. The molecule has 2 heterocycles. The van der Waals surface area contributed by atoms with Crippen LogP contribution >= 0.6 is 0 Å². The van der Waals surface area contributed by atoms with Crippen molar-refractivity contribution in [1.29, 1.82) is 0 Å². The van der Waals surface area contributed by atoms with Crippen molar-refractivity contribution < 1.29 is 35.1 Å². The summed E-state index contributed by atoms with van der Waals surface area (Å²) in [4.78, 5) is 13.9. The van der Waals surface area contributed by atoms with Gasteiger partial charge in [-0.05, 0) is 33.6 Å². The Bertz CT molecular complexity index is 316. The van der Waals surface area contributed by atoms with Crippen LogP contribution in [-0.2, 0) is 25.2 Å². The van der Waals surface area contributed by atoms with Crippen LogP contribution in [-0.4, -0.2) is 53.0 Å². The molecule has 122 valence electrons. The number of carbonyl (C=O) groups excluding carboxylic acids is 1. The van der Waals surface area contributed by atoms with E-state index in [1.807, 2.05) is 34.6 Å². The fourth-order valence-electron chi connectivity index (χ4n) is 2.68. The molecule has 1 amide bonds. The topological polar surface area (TPSA) is 63.9 Å². The molecule has 0 aliphatic carbocycles. The Morgan fingerprint density at radius 2 is 2.05 bits per heavy atom. The number of fused-ring (bicyclic) bond motifs is 2. The SMILES string of the molecule is CC.CC(C)(C)OC(=O)N1C2CCC1(CO)C[N-]C2.[Pd]. The molecule has 0 aromatic rings. The average molecular weight is 378 g/mol. The smallest absolute Gasteiger partial charge is 0.410 e. The van der Waals surface area contributed by atoms with Gasteiger partial charge >= 0.3 is 6.09 Å². The summed E-state index contributed by atoms with van der Waals surface area (Å²) in [5.74, 6) is 0. The molecule has 2 fully saturated rings. The molecule has 2 bridgehead atoms. The van der Waals surface area contributed by atoms with E-state index < -0.39 is 11.1 Å². The first-order valence-electron chi connectivity index (χ1n) is 7.14. The van der Waals surface area contributed by atoms with E-state index in [0.29, 0.717) is 13.1 Å². The number of nitrogens with zero attached hydrogens (tertiary/aromatic N) is 2. The third-order valence-electron chi connectivity index (χ3n) is 3.45. The summed E-state index contributed by atoms with van der Waals surface area (Å²) in [6, 6.07) is 0.103. The van der Waals surface area contributed by atoms with E-state index in [9.17, 15) is 9.90 Å². The average Bonchev–Trinajstić information content (AvgIpc) is 2.58. The monoisotopic (exact) mass is 377 g/mol. The molecule has 20 heavy (non-hydrogen) atoms. The predicted molar refractivity (Wildman–Crippen MR) is 75.4 cm³/mol. The van der Waals surface area contributed by atoms with Crippen molar-refractivity contribution in [3.63, 3.8) is 0 Å². The minimum absolute atomic E-state index is 0. The summed E-state index contributed by atoms with van der Waals surface area (Å²) in [5.41, 5.74) is -1.01. The maximum absolute atomic E-state index is 12.2. The molecule has 2 saturated heterocycles. The molecule has 0 saturated carbocycles. The Morgan fingerprint density at radius 3 is 2.55 bits per heavy atom. The third-order valence-corrected chi connectivity index (χ3v) is 3.45. The fraction of sp³-hybridized carbons (Fsp3) is 0.929. The number of carbonyl (C=O) groups is 1. The van der Waals surface area contributed by atoms with Crippen LogP contribution in [0, 0.1) is 0 Å². The minimum atomic E-state index is -0.509. The minimum Gasteiger partial charge on any atom is -0.659 e. The van der Waals surface area contributed by atoms with Crippen molar-refractivity contribution in [2.75, 3.05) is 19.7 Å². The first kappa shape index (κ1) is 19.9. The van der Waals surface area contributed by atoms with Gasteiger partial charge in [0, 0.05) is 26.5 Å². The Morgan fingerprint density at radius 1 is 1.45 bits per heavy atom. The van der Waals surface area contributed by atoms with Crippen LogP contribution in [0.3, 0.4) is 0 Å². The number of ether oxygens (including phenoxy) is 1. The summed E-state index contributed by atoms with van der Waals surface area (Å²) in [6.45, 7) is 10.7. The van der Waals surface area contributed by atoms with E-state index in [0.717, 1.165) is 12.8 Å². The third kappa shape index (κ3) is 4.17. The van der Waals surface area contributed by atoms with Crippen molar-refractivity contribution in [2.45, 2.75) is 64.6 Å². The van der Waals surface area contributed by atoms with Crippen LogP contribution in [0.15, 0.2) is 0 Å². The molecule has 1 N–H and O–H groups in total. The van der Waals surface area contributed by atoms with Crippen molar-refractivity contribution in [1.82, 2.24) is 4.90 Å². The molecule has 0 radical (unpaired) electrons. The summed E-state index contributed by atoms with van der Waals surface area (Å²) in [5, 5.41) is 13.9. The molecule has 2 aliphatic rings. The zero-order chi connectivity index (χ0) is 14.7. The van der Waals surface area contributed by atoms with E-state index in [1.165, 1.54) is 0 Å². The first-order valence-corrected chi connectivity index (χ1v) is 7.14. The second-order valence-electron chi connectivity index (χ2n) is 5.99. The summed E-state index contributed by atoms with van der Waals surface area (Å²) < 4.78 is 5.42. The molecular formula is C14H27N2O3Pd-. The van der Waals surface area contributed by atoms with Gasteiger partial charge in [0.25, 0.3) is 0 Å². The maximum Gasteiger partial charge on any atom is 0.410 e. The molecule has 6 heteroatoms. The van der Waals surface area contributed by atoms with Crippen LogP contribution in [0.1, 0.15) is 47.5 Å². The molecule has 0 spiro atoms. The van der Waals surface area contributed by atoms with Gasteiger partial charge in [-0.2, -0.15) is 0 Å². The fourth-order valence-corrected chi connectivity index (χ4v) is 2.68. The number of hydrogen-bond acceptors (Lipinski definition) is 3. The Labute approximate surface area is 136 Å². The van der Waals surface area contributed by atoms with Crippen LogP contribution in [0.2, 0.25) is 0 Å². The van der Waals surface area contributed by atoms with Gasteiger partial charge in [-0.15, -0.1) is 13.1 Å². The van der Waals surface area contributed by atoms with Gasteiger partial charge in [-0.3, -0.25) is 0 Å². The van der Waals surface area contributed by atoms with Gasteiger partial charge in [-0.1, -0.05) is 13.8 Å². The molecule has 2 atom stereocenters. The van der Waals surface area contributed by atoms with Crippen molar-refractivity contribution in [3.8, 4) is 0 Å². The van der Waals surface area contributed by atoms with Crippen LogP contribution < -0.4 is 0 Å². The Balaban J connectivity index is 0.00000115. The largest absolute Gasteiger partial charge is 0.659 e. The molecule has 2 unspecified atom stereocenters. The molecule has 2 rings (SSSR count). The number of rotatable bonds is 1. The predicted octanol–water partition coefficient (Wildman–Crippen LogP) is 2.53. The van der Waals surface area contributed by atoms with E-state index in [2.05, 4.69) is 5.32 Å². The maximum atomic E-state index is 12.2. The van der Waals surface area contributed by atoms with Crippen LogP contribution in [0.4, 0.5) is 4.79 Å². The Kier molecular flexibility index (Phi) is 7.69. The Hall–Kier alpha value is -0.148. The molecule has 0 aromatic carbocycles. The normalized spacial score (nSPS) is 28.1.